The molecule has 3 rings (SSSR count). The summed E-state index contributed by atoms with van der Waals surface area (Å²) in [5.41, 5.74) is 6.42. The third-order valence-corrected chi connectivity index (χ3v) is 4.23. The van der Waals surface area contributed by atoms with Crippen molar-refractivity contribution in [1.29, 1.82) is 0 Å². The van der Waals surface area contributed by atoms with Crippen LogP contribution in [0, 0.1) is 25.7 Å². The van der Waals surface area contributed by atoms with Gasteiger partial charge in [-0.3, -0.25) is 0 Å². The molecular formula is C20H20. The summed E-state index contributed by atoms with van der Waals surface area (Å²) in [6.45, 7) is 4.31. The van der Waals surface area contributed by atoms with E-state index in [9.17, 15) is 0 Å². The maximum atomic E-state index is 3.30. The van der Waals surface area contributed by atoms with E-state index in [1.807, 2.05) is 0 Å². The highest BCUT2D eigenvalue weighted by atomic mass is 14.3. The highest BCUT2D eigenvalue weighted by Gasteiger charge is 2.20. The SMILES string of the molecule is Cc1ccc(C#Cc2ccc(C)c(C3CCC3)c2)cc1. The Balaban J connectivity index is 1.86. The van der Waals surface area contributed by atoms with Gasteiger partial charge in [0.2, 0.25) is 0 Å². The first-order valence-corrected chi connectivity index (χ1v) is 7.41. The van der Waals surface area contributed by atoms with Crippen molar-refractivity contribution in [2.75, 3.05) is 0 Å². The fourth-order valence-electron chi connectivity index (χ4n) is 2.66. The standard InChI is InChI=1S/C20H20/c1-15-6-9-17(10-7-15)12-13-18-11-8-16(2)20(14-18)19-4-3-5-19/h6-11,14,19H,3-5H2,1-2H3. The minimum Gasteiger partial charge on any atom is -0.0617 e. The second kappa shape index (κ2) is 5.55. The first-order chi connectivity index (χ1) is 9.72. The average molecular weight is 260 g/mol. The van der Waals surface area contributed by atoms with Gasteiger partial charge in [0.25, 0.3) is 0 Å². The molecule has 0 radical (unpaired) electrons. The summed E-state index contributed by atoms with van der Waals surface area (Å²) in [6.07, 6.45) is 4.06. The summed E-state index contributed by atoms with van der Waals surface area (Å²) in [7, 11) is 0. The molecular weight excluding hydrogens is 240 g/mol. The minimum absolute atomic E-state index is 0.774. The van der Waals surface area contributed by atoms with Crippen LogP contribution in [0.25, 0.3) is 0 Å². The lowest BCUT2D eigenvalue weighted by Gasteiger charge is -2.27. The Hall–Kier alpha value is -2.00. The van der Waals surface area contributed by atoms with Crippen molar-refractivity contribution >= 4 is 0 Å². The minimum atomic E-state index is 0.774. The molecule has 0 amide bonds. The van der Waals surface area contributed by atoms with Crippen molar-refractivity contribution in [2.45, 2.75) is 39.0 Å². The van der Waals surface area contributed by atoms with E-state index in [0.717, 1.165) is 17.0 Å². The van der Waals surface area contributed by atoms with Crippen molar-refractivity contribution in [2.24, 2.45) is 0 Å². The molecule has 1 aliphatic rings. The summed E-state index contributed by atoms with van der Waals surface area (Å²) in [5.74, 6) is 7.34. The van der Waals surface area contributed by atoms with E-state index in [4.69, 9.17) is 0 Å². The molecule has 1 fully saturated rings. The maximum Gasteiger partial charge on any atom is 0.0252 e. The van der Waals surface area contributed by atoms with Crippen molar-refractivity contribution in [3.05, 3.63) is 70.3 Å². The zero-order chi connectivity index (χ0) is 13.9. The monoisotopic (exact) mass is 260 g/mol. The van der Waals surface area contributed by atoms with Crippen molar-refractivity contribution in [3.8, 4) is 11.8 Å². The maximum absolute atomic E-state index is 3.30. The van der Waals surface area contributed by atoms with E-state index in [-0.39, 0.29) is 0 Å². The van der Waals surface area contributed by atoms with Gasteiger partial charge in [-0.05, 0) is 68.0 Å². The van der Waals surface area contributed by atoms with E-state index in [1.165, 1.54) is 36.0 Å². The number of aryl methyl sites for hydroxylation is 2. The highest BCUT2D eigenvalue weighted by molar-refractivity contribution is 5.46. The zero-order valence-corrected chi connectivity index (χ0v) is 12.2. The van der Waals surface area contributed by atoms with Gasteiger partial charge >= 0.3 is 0 Å². The van der Waals surface area contributed by atoms with E-state index in [2.05, 4.69) is 68.2 Å². The molecule has 0 nitrogen and oxygen atoms in total. The molecule has 0 unspecified atom stereocenters. The van der Waals surface area contributed by atoms with Gasteiger partial charge in [0.1, 0.15) is 0 Å². The topological polar surface area (TPSA) is 0 Å². The number of hydrogen-bond donors (Lipinski definition) is 0. The van der Waals surface area contributed by atoms with Crippen LogP contribution in [0.5, 0.6) is 0 Å². The number of rotatable bonds is 1. The van der Waals surface area contributed by atoms with Crippen LogP contribution in [0.4, 0.5) is 0 Å². The summed E-state index contributed by atoms with van der Waals surface area (Å²) in [6, 6.07) is 15.0. The van der Waals surface area contributed by atoms with Crippen LogP contribution in [-0.4, -0.2) is 0 Å². The Morgan fingerprint density at radius 3 is 2.15 bits per heavy atom. The number of hydrogen-bond acceptors (Lipinski definition) is 0. The van der Waals surface area contributed by atoms with E-state index >= 15 is 0 Å². The molecule has 2 aromatic carbocycles. The smallest absolute Gasteiger partial charge is 0.0252 e. The van der Waals surface area contributed by atoms with Gasteiger partial charge in [-0.2, -0.15) is 0 Å². The molecule has 0 spiro atoms. The van der Waals surface area contributed by atoms with E-state index in [0.29, 0.717) is 0 Å². The van der Waals surface area contributed by atoms with Crippen LogP contribution in [-0.2, 0) is 0 Å². The lowest BCUT2D eigenvalue weighted by atomic mass is 9.78. The molecule has 1 aliphatic carbocycles. The Labute approximate surface area is 121 Å². The van der Waals surface area contributed by atoms with Crippen molar-refractivity contribution < 1.29 is 0 Å². The van der Waals surface area contributed by atoms with Gasteiger partial charge in [-0.25, -0.2) is 0 Å². The summed E-state index contributed by atoms with van der Waals surface area (Å²) < 4.78 is 0. The third-order valence-electron chi connectivity index (χ3n) is 4.23. The molecule has 0 N–H and O–H groups in total. The van der Waals surface area contributed by atoms with Gasteiger partial charge in [0.15, 0.2) is 0 Å². The molecule has 0 saturated heterocycles. The Bertz CT molecular complexity index is 661. The van der Waals surface area contributed by atoms with Gasteiger partial charge in [0.05, 0.1) is 0 Å². The van der Waals surface area contributed by atoms with Crippen molar-refractivity contribution in [3.63, 3.8) is 0 Å². The average Bonchev–Trinajstić information content (AvgIpc) is 2.39. The van der Waals surface area contributed by atoms with E-state index in [1.54, 1.807) is 0 Å². The van der Waals surface area contributed by atoms with Crippen LogP contribution < -0.4 is 0 Å². The fourth-order valence-corrected chi connectivity index (χ4v) is 2.66. The van der Waals surface area contributed by atoms with Gasteiger partial charge in [-0.1, -0.05) is 42.0 Å². The predicted octanol–water partition coefficient (Wildman–Crippen LogP) is 4.97. The molecule has 0 atom stereocenters. The van der Waals surface area contributed by atoms with E-state index < -0.39 is 0 Å². The molecule has 100 valence electrons. The third kappa shape index (κ3) is 2.78. The predicted molar refractivity (Wildman–Crippen MR) is 84.9 cm³/mol. The molecule has 0 aliphatic heterocycles. The Morgan fingerprint density at radius 1 is 0.850 bits per heavy atom. The fraction of sp³-hybridized carbons (Fsp3) is 0.300. The first-order valence-electron chi connectivity index (χ1n) is 7.41. The van der Waals surface area contributed by atoms with Gasteiger partial charge in [0, 0.05) is 11.1 Å². The second-order valence-corrected chi connectivity index (χ2v) is 5.82. The lowest BCUT2D eigenvalue weighted by Crippen LogP contribution is -2.10. The van der Waals surface area contributed by atoms with Crippen LogP contribution in [0.3, 0.4) is 0 Å². The first kappa shape index (κ1) is 13.0. The summed E-state index contributed by atoms with van der Waals surface area (Å²) >= 11 is 0. The van der Waals surface area contributed by atoms with Crippen LogP contribution in [0.2, 0.25) is 0 Å². The molecule has 20 heavy (non-hydrogen) atoms. The van der Waals surface area contributed by atoms with Crippen LogP contribution in [0.15, 0.2) is 42.5 Å². The van der Waals surface area contributed by atoms with Crippen molar-refractivity contribution in [1.82, 2.24) is 0 Å². The Morgan fingerprint density at radius 2 is 1.50 bits per heavy atom. The zero-order valence-electron chi connectivity index (χ0n) is 12.2. The van der Waals surface area contributed by atoms with Crippen LogP contribution in [0.1, 0.15) is 53.0 Å². The second-order valence-electron chi connectivity index (χ2n) is 5.82. The molecule has 2 aromatic rings. The number of benzene rings is 2. The quantitative estimate of drug-likeness (QED) is 0.635. The van der Waals surface area contributed by atoms with Crippen LogP contribution >= 0.6 is 0 Å². The largest absolute Gasteiger partial charge is 0.0617 e. The highest BCUT2D eigenvalue weighted by Crippen LogP contribution is 2.38. The molecule has 0 aromatic heterocycles. The normalized spacial score (nSPS) is 14.3. The van der Waals surface area contributed by atoms with Gasteiger partial charge < -0.3 is 0 Å². The Kier molecular flexibility index (Phi) is 3.61. The summed E-state index contributed by atoms with van der Waals surface area (Å²) in [4.78, 5) is 0. The lowest BCUT2D eigenvalue weighted by molar-refractivity contribution is 0.418. The molecule has 0 heteroatoms. The van der Waals surface area contributed by atoms with Gasteiger partial charge in [-0.15, -0.1) is 0 Å². The molecule has 1 saturated carbocycles. The molecule has 0 bridgehead atoms. The molecule has 0 heterocycles. The summed E-state index contributed by atoms with van der Waals surface area (Å²) in [5, 5.41) is 0.